The first-order chi connectivity index (χ1) is 6.09. The lowest BCUT2D eigenvalue weighted by molar-refractivity contribution is 0.0135. The van der Waals surface area contributed by atoms with Crippen LogP contribution in [0.4, 0.5) is 13.2 Å². The molecule has 0 unspecified atom stereocenters. The Morgan fingerprint density at radius 2 is 1.77 bits per heavy atom. The average molecular weight is 186 g/mol. The zero-order chi connectivity index (χ0) is 9.90. The lowest BCUT2D eigenvalue weighted by Gasteiger charge is -2.13. The van der Waals surface area contributed by atoms with Crippen molar-refractivity contribution in [2.45, 2.75) is 12.8 Å². The topological polar surface area (TPSA) is 0 Å². The molecule has 0 fully saturated rings. The van der Waals surface area contributed by atoms with E-state index in [-0.39, 0.29) is 5.56 Å². The number of halogens is 3. The van der Waals surface area contributed by atoms with Crippen LogP contribution in [-0.4, -0.2) is 0 Å². The van der Waals surface area contributed by atoms with Crippen molar-refractivity contribution in [2.24, 2.45) is 0 Å². The van der Waals surface area contributed by atoms with Crippen LogP contribution >= 0.6 is 0 Å². The van der Waals surface area contributed by atoms with Gasteiger partial charge in [-0.2, -0.15) is 8.78 Å². The number of hydrogen-bond acceptors (Lipinski definition) is 0. The molecule has 0 radical (unpaired) electrons. The van der Waals surface area contributed by atoms with Gasteiger partial charge in [0.05, 0.1) is 0 Å². The summed E-state index contributed by atoms with van der Waals surface area (Å²) in [4.78, 5) is 0. The SMILES string of the molecule is C/C=C(\F)C(F)(F)c1ccccc1. The summed E-state index contributed by atoms with van der Waals surface area (Å²) in [5.74, 6) is -4.92. The van der Waals surface area contributed by atoms with Gasteiger partial charge in [-0.1, -0.05) is 30.3 Å². The van der Waals surface area contributed by atoms with Gasteiger partial charge in [-0.15, -0.1) is 0 Å². The van der Waals surface area contributed by atoms with E-state index in [0.29, 0.717) is 0 Å². The van der Waals surface area contributed by atoms with Crippen molar-refractivity contribution in [1.82, 2.24) is 0 Å². The van der Waals surface area contributed by atoms with Crippen molar-refractivity contribution < 1.29 is 13.2 Å². The predicted molar refractivity (Wildman–Crippen MR) is 45.2 cm³/mol. The lowest BCUT2D eigenvalue weighted by atomic mass is 10.1. The molecule has 70 valence electrons. The van der Waals surface area contributed by atoms with Gasteiger partial charge >= 0.3 is 5.92 Å². The summed E-state index contributed by atoms with van der Waals surface area (Å²) in [5.41, 5.74) is -0.328. The molecular formula is C10H9F3. The molecule has 0 aliphatic heterocycles. The summed E-state index contributed by atoms with van der Waals surface area (Å²) in [6.07, 6.45) is 0.771. The predicted octanol–water partition coefficient (Wildman–Crippen LogP) is 3.65. The maximum atomic E-state index is 13.1. The van der Waals surface area contributed by atoms with Gasteiger partial charge in [0.1, 0.15) is 0 Å². The Morgan fingerprint density at radius 1 is 1.23 bits per heavy atom. The third-order valence-corrected chi connectivity index (χ3v) is 1.69. The van der Waals surface area contributed by atoms with Crippen molar-refractivity contribution in [1.29, 1.82) is 0 Å². The summed E-state index contributed by atoms with van der Waals surface area (Å²) in [6.45, 7) is 1.24. The highest BCUT2D eigenvalue weighted by Gasteiger charge is 2.36. The molecule has 3 heteroatoms. The third-order valence-electron chi connectivity index (χ3n) is 1.69. The standard InChI is InChI=1S/C10H9F3/c1-2-9(11)10(12,13)8-6-4-3-5-7-8/h2-7H,1H3/b9-2-. The highest BCUT2D eigenvalue weighted by molar-refractivity contribution is 5.26. The monoisotopic (exact) mass is 186 g/mol. The number of alkyl halides is 2. The second-order valence-corrected chi connectivity index (χ2v) is 2.58. The highest BCUT2D eigenvalue weighted by atomic mass is 19.3. The van der Waals surface area contributed by atoms with E-state index < -0.39 is 11.7 Å². The van der Waals surface area contributed by atoms with E-state index >= 15 is 0 Å². The molecule has 1 rings (SSSR count). The van der Waals surface area contributed by atoms with Crippen LogP contribution < -0.4 is 0 Å². The van der Waals surface area contributed by atoms with E-state index in [1.54, 1.807) is 6.07 Å². The van der Waals surface area contributed by atoms with E-state index in [1.165, 1.54) is 31.2 Å². The van der Waals surface area contributed by atoms with Gasteiger partial charge in [0.2, 0.25) is 0 Å². The van der Waals surface area contributed by atoms with E-state index in [1.807, 2.05) is 0 Å². The van der Waals surface area contributed by atoms with E-state index in [2.05, 4.69) is 0 Å². The fourth-order valence-corrected chi connectivity index (χ4v) is 0.967. The van der Waals surface area contributed by atoms with Crippen molar-refractivity contribution in [3.8, 4) is 0 Å². The van der Waals surface area contributed by atoms with Gasteiger partial charge in [-0.3, -0.25) is 0 Å². The molecule has 0 atom stereocenters. The third kappa shape index (κ3) is 1.91. The Bertz CT molecular complexity index is 301. The fourth-order valence-electron chi connectivity index (χ4n) is 0.967. The van der Waals surface area contributed by atoms with Gasteiger partial charge in [0.15, 0.2) is 5.83 Å². The van der Waals surface area contributed by atoms with Crippen LogP contribution in [0.3, 0.4) is 0 Å². The van der Waals surface area contributed by atoms with Gasteiger partial charge in [-0.25, -0.2) is 4.39 Å². The number of hydrogen-bond donors (Lipinski definition) is 0. The molecule has 0 amide bonds. The van der Waals surface area contributed by atoms with E-state index in [4.69, 9.17) is 0 Å². The average Bonchev–Trinajstić information content (AvgIpc) is 2.18. The van der Waals surface area contributed by atoms with Gasteiger partial charge in [-0.05, 0) is 13.0 Å². The Hall–Kier alpha value is -1.25. The maximum absolute atomic E-state index is 13.1. The van der Waals surface area contributed by atoms with Crippen molar-refractivity contribution in [3.63, 3.8) is 0 Å². The maximum Gasteiger partial charge on any atom is 0.323 e. The van der Waals surface area contributed by atoms with Gasteiger partial charge in [0, 0.05) is 5.56 Å². The van der Waals surface area contributed by atoms with Crippen LogP contribution in [0.25, 0.3) is 0 Å². The van der Waals surface area contributed by atoms with Gasteiger partial charge < -0.3 is 0 Å². The van der Waals surface area contributed by atoms with Crippen LogP contribution in [0.2, 0.25) is 0 Å². The van der Waals surface area contributed by atoms with E-state index in [0.717, 1.165) is 6.08 Å². The van der Waals surface area contributed by atoms with Crippen LogP contribution in [0.5, 0.6) is 0 Å². The van der Waals surface area contributed by atoms with Crippen LogP contribution in [0.1, 0.15) is 12.5 Å². The summed E-state index contributed by atoms with van der Waals surface area (Å²) >= 11 is 0. The zero-order valence-corrected chi connectivity index (χ0v) is 7.10. The molecule has 0 spiro atoms. The molecule has 13 heavy (non-hydrogen) atoms. The minimum absolute atomic E-state index is 0.328. The molecule has 0 saturated carbocycles. The first-order valence-electron chi connectivity index (χ1n) is 3.84. The molecular weight excluding hydrogens is 177 g/mol. The Morgan fingerprint density at radius 3 is 2.23 bits per heavy atom. The van der Waals surface area contributed by atoms with Crippen molar-refractivity contribution in [2.75, 3.05) is 0 Å². The molecule has 0 aliphatic carbocycles. The largest absolute Gasteiger partial charge is 0.323 e. The number of benzene rings is 1. The Balaban J connectivity index is 3.08. The lowest BCUT2D eigenvalue weighted by Crippen LogP contribution is -2.13. The summed E-state index contributed by atoms with van der Waals surface area (Å²) in [7, 11) is 0. The van der Waals surface area contributed by atoms with Crippen LogP contribution in [0.15, 0.2) is 42.2 Å². The number of allylic oxidation sites excluding steroid dienone is 2. The van der Waals surface area contributed by atoms with Crippen LogP contribution in [0, 0.1) is 0 Å². The first-order valence-corrected chi connectivity index (χ1v) is 3.84. The van der Waals surface area contributed by atoms with Crippen molar-refractivity contribution in [3.05, 3.63) is 47.8 Å². The molecule has 0 saturated heterocycles. The fraction of sp³-hybridized carbons (Fsp3) is 0.200. The summed E-state index contributed by atoms with van der Waals surface area (Å²) < 4.78 is 38.9. The minimum Gasteiger partial charge on any atom is -0.205 e. The second kappa shape index (κ2) is 3.64. The quantitative estimate of drug-likeness (QED) is 0.661. The second-order valence-electron chi connectivity index (χ2n) is 2.58. The molecule has 0 heterocycles. The Labute approximate surface area is 74.7 Å². The minimum atomic E-state index is -3.50. The normalized spacial score (nSPS) is 13.1. The highest BCUT2D eigenvalue weighted by Crippen LogP contribution is 2.35. The molecule has 0 bridgehead atoms. The first kappa shape index (κ1) is 9.84. The van der Waals surface area contributed by atoms with Crippen LogP contribution in [-0.2, 0) is 5.92 Å². The molecule has 0 aliphatic rings. The molecule has 1 aromatic carbocycles. The summed E-state index contributed by atoms with van der Waals surface area (Å²) in [5, 5.41) is 0. The van der Waals surface area contributed by atoms with Crippen molar-refractivity contribution >= 4 is 0 Å². The molecule has 0 N–H and O–H groups in total. The Kier molecular flexibility index (Phi) is 2.76. The van der Waals surface area contributed by atoms with Gasteiger partial charge in [0.25, 0.3) is 0 Å². The molecule has 0 aromatic heterocycles. The molecule has 1 aromatic rings. The molecule has 0 nitrogen and oxygen atoms in total. The van der Waals surface area contributed by atoms with E-state index in [9.17, 15) is 13.2 Å². The zero-order valence-electron chi connectivity index (χ0n) is 7.10. The smallest absolute Gasteiger partial charge is 0.205 e. The summed E-state index contributed by atoms with van der Waals surface area (Å²) in [6, 6.07) is 6.90. The number of rotatable bonds is 2.